The van der Waals surface area contributed by atoms with Crippen LogP contribution >= 0.6 is 0 Å². The fraction of sp³-hybridized carbons (Fsp3) is 0.780. The van der Waals surface area contributed by atoms with Crippen molar-refractivity contribution < 1.29 is 74.8 Å². The van der Waals surface area contributed by atoms with E-state index in [0.717, 1.165) is 6.42 Å². The summed E-state index contributed by atoms with van der Waals surface area (Å²) in [5, 5.41) is 105. The van der Waals surface area contributed by atoms with Gasteiger partial charge in [0.05, 0.1) is 37.1 Å². The van der Waals surface area contributed by atoms with Gasteiger partial charge in [0.1, 0.15) is 42.7 Å². The van der Waals surface area contributed by atoms with E-state index in [0.29, 0.717) is 16.7 Å². The van der Waals surface area contributed by atoms with E-state index in [1.807, 2.05) is 33.8 Å². The third kappa shape index (κ3) is 13.0. The van der Waals surface area contributed by atoms with Gasteiger partial charge in [0.25, 0.3) is 0 Å². The van der Waals surface area contributed by atoms with E-state index in [1.165, 1.54) is 19.9 Å². The van der Waals surface area contributed by atoms with E-state index in [4.69, 9.17) is 18.9 Å². The molecule has 15 nitrogen and oxygen atoms in total. The van der Waals surface area contributed by atoms with Crippen LogP contribution in [0.1, 0.15) is 82.6 Å². The van der Waals surface area contributed by atoms with E-state index in [2.05, 4.69) is 0 Å². The highest BCUT2D eigenvalue weighted by atomic mass is 16.7. The molecule has 0 amide bonds. The SMILES string of the molecule is CCC(C)C(O)C(C)/C=C(\C)[C@@H](O)[C@@H](C)/C=C(\C)[C@@H](O[C@@H]1O[C@H](CO)[C@@H](O)[C@H](O)[C@@H]1O)[C@@H](C)/C=C(\C)[C@@H](O[C@@H]1O[C@@H](C)[C@H](O)[C@@H](O)[C@H]1O)[C@@H](C)/C=C(\C)C(=O)O. The zero-order valence-electron chi connectivity index (χ0n) is 34.7. The molecule has 15 heteroatoms. The molecule has 10 N–H and O–H groups in total. The Kier molecular flexibility index (Phi) is 20.0. The molecule has 2 rings (SSSR count). The van der Waals surface area contributed by atoms with E-state index in [9.17, 15) is 55.9 Å². The van der Waals surface area contributed by atoms with E-state index in [1.54, 1.807) is 46.8 Å². The summed E-state index contributed by atoms with van der Waals surface area (Å²) in [6.07, 6.45) is -10.4. The summed E-state index contributed by atoms with van der Waals surface area (Å²) >= 11 is 0. The molecule has 0 aromatic carbocycles. The first kappa shape index (κ1) is 50.1. The fourth-order valence-electron chi connectivity index (χ4n) is 7.42. The summed E-state index contributed by atoms with van der Waals surface area (Å²) in [6.45, 7) is 18.7. The number of carboxylic acid groups (broad SMARTS) is 1. The number of ether oxygens (including phenoxy) is 4. The molecule has 0 aromatic heterocycles. The third-order valence-electron chi connectivity index (χ3n) is 11.2. The van der Waals surface area contributed by atoms with Gasteiger partial charge in [0, 0.05) is 29.2 Å². The number of rotatable bonds is 19. The maximum atomic E-state index is 11.8. The Morgan fingerprint density at radius 2 is 1.09 bits per heavy atom. The molecule has 2 heterocycles. The second kappa shape index (κ2) is 22.3. The Hall–Kier alpha value is -2.09. The summed E-state index contributed by atoms with van der Waals surface area (Å²) in [5.41, 5.74) is 1.79. The van der Waals surface area contributed by atoms with E-state index in [-0.39, 0.29) is 17.4 Å². The van der Waals surface area contributed by atoms with Gasteiger partial charge in [-0.05, 0) is 57.3 Å². The van der Waals surface area contributed by atoms with E-state index >= 15 is 0 Å². The Morgan fingerprint density at radius 1 is 0.643 bits per heavy atom. The molecule has 0 bridgehead atoms. The van der Waals surface area contributed by atoms with Crippen molar-refractivity contribution in [1.82, 2.24) is 0 Å². The lowest BCUT2D eigenvalue weighted by Crippen LogP contribution is -2.60. The van der Waals surface area contributed by atoms with Crippen LogP contribution in [-0.2, 0) is 23.7 Å². The first-order valence-electron chi connectivity index (χ1n) is 19.6. The predicted molar refractivity (Wildman–Crippen MR) is 207 cm³/mol. The van der Waals surface area contributed by atoms with Crippen molar-refractivity contribution >= 4 is 5.97 Å². The normalized spacial score (nSPS) is 34.9. The quantitative estimate of drug-likeness (QED) is 0.0657. The minimum Gasteiger partial charge on any atom is -0.478 e. The summed E-state index contributed by atoms with van der Waals surface area (Å²) in [7, 11) is 0. The van der Waals surface area contributed by atoms with Crippen LogP contribution in [0.3, 0.4) is 0 Å². The zero-order valence-corrected chi connectivity index (χ0v) is 34.7. The molecule has 19 atom stereocenters. The number of aliphatic hydroxyl groups is 9. The lowest BCUT2D eigenvalue weighted by atomic mass is 9.86. The lowest BCUT2D eigenvalue weighted by molar-refractivity contribution is -0.310. The van der Waals surface area contributed by atoms with Gasteiger partial charge in [-0.2, -0.15) is 0 Å². The predicted octanol–water partition coefficient (Wildman–Crippen LogP) is 1.57. The Labute approximate surface area is 331 Å². The first-order chi connectivity index (χ1) is 26.0. The van der Waals surface area contributed by atoms with Gasteiger partial charge in [-0.1, -0.05) is 72.3 Å². The first-order valence-corrected chi connectivity index (χ1v) is 19.6. The van der Waals surface area contributed by atoms with Gasteiger partial charge < -0.3 is 70.0 Å². The monoisotopic (exact) mass is 802 g/mol. The van der Waals surface area contributed by atoms with Gasteiger partial charge in [0.15, 0.2) is 12.6 Å². The van der Waals surface area contributed by atoms with Crippen LogP contribution in [0.2, 0.25) is 0 Å². The molecule has 3 unspecified atom stereocenters. The molecule has 0 aliphatic carbocycles. The average Bonchev–Trinajstić information content (AvgIpc) is 3.14. The highest BCUT2D eigenvalue weighted by Crippen LogP contribution is 2.33. The molecule has 2 aliphatic rings. The van der Waals surface area contributed by atoms with Gasteiger partial charge in [-0.3, -0.25) is 0 Å². The molecule has 56 heavy (non-hydrogen) atoms. The van der Waals surface area contributed by atoms with Crippen LogP contribution in [0, 0.1) is 29.6 Å². The Morgan fingerprint density at radius 3 is 1.57 bits per heavy atom. The molecule has 0 radical (unpaired) electrons. The second-order valence-electron chi connectivity index (χ2n) is 16.1. The zero-order chi connectivity index (χ0) is 42.9. The van der Waals surface area contributed by atoms with Gasteiger partial charge in [-0.15, -0.1) is 0 Å². The Balaban J connectivity index is 2.61. The molecular weight excluding hydrogens is 732 g/mol. The number of hydrogen-bond donors (Lipinski definition) is 10. The number of carboxylic acids is 1. The van der Waals surface area contributed by atoms with Crippen molar-refractivity contribution in [2.24, 2.45) is 29.6 Å². The smallest absolute Gasteiger partial charge is 0.330 e. The van der Waals surface area contributed by atoms with Gasteiger partial charge in [-0.25, -0.2) is 4.79 Å². The molecule has 0 spiro atoms. The van der Waals surface area contributed by atoms with Crippen molar-refractivity contribution in [2.45, 2.75) is 168 Å². The minimum absolute atomic E-state index is 0.0316. The molecule has 0 aromatic rings. The second-order valence-corrected chi connectivity index (χ2v) is 16.1. The lowest BCUT2D eigenvalue weighted by Gasteiger charge is -2.42. The van der Waals surface area contributed by atoms with Crippen molar-refractivity contribution in [3.8, 4) is 0 Å². The summed E-state index contributed by atoms with van der Waals surface area (Å²) in [6, 6.07) is 0. The summed E-state index contributed by atoms with van der Waals surface area (Å²) < 4.78 is 24.0. The largest absolute Gasteiger partial charge is 0.478 e. The van der Waals surface area contributed by atoms with Crippen molar-refractivity contribution in [3.63, 3.8) is 0 Å². The topological polar surface area (TPSA) is 256 Å². The number of aliphatic carboxylic acids is 1. The van der Waals surface area contributed by atoms with Crippen LogP contribution in [0.4, 0.5) is 0 Å². The fourth-order valence-corrected chi connectivity index (χ4v) is 7.42. The van der Waals surface area contributed by atoms with Crippen LogP contribution in [0.25, 0.3) is 0 Å². The maximum Gasteiger partial charge on any atom is 0.330 e. The standard InChI is InChI=1S/C41H70O15/c1-12-18(2)29(43)19(3)13-20(4)30(44)21(5)14-22(6)37(56-41-36(50)34(48)32(46)28(17-42)54-41)23(7)15-24(8)38(25(9)16-26(10)39(51)52)55-40-35(49)33(47)31(45)27(11)53-40/h13-16,18-19,21,23,25,27-38,40-50H,12,17H2,1-11H3,(H,51,52)/b20-13+,22-14+,24-15+,26-16+/t18?,19?,21-,23-,25-,27-,28+,29?,30+,31-,32+,33+,34-,35+,36-,37+,38+,40-,41-/m0/s1. The molecule has 2 aliphatic heterocycles. The maximum absolute atomic E-state index is 11.8. The molecular formula is C41H70O15. The van der Waals surface area contributed by atoms with E-state index < -0.39 is 116 Å². The Bertz CT molecular complexity index is 1360. The van der Waals surface area contributed by atoms with Crippen molar-refractivity contribution in [1.29, 1.82) is 0 Å². The third-order valence-corrected chi connectivity index (χ3v) is 11.2. The highest BCUT2D eigenvalue weighted by Gasteiger charge is 2.46. The number of hydrogen-bond acceptors (Lipinski definition) is 14. The molecule has 2 fully saturated rings. The van der Waals surface area contributed by atoms with Gasteiger partial charge in [0.2, 0.25) is 0 Å². The molecule has 2 saturated heterocycles. The van der Waals surface area contributed by atoms with Crippen molar-refractivity contribution in [2.75, 3.05) is 6.61 Å². The summed E-state index contributed by atoms with van der Waals surface area (Å²) in [4.78, 5) is 11.8. The van der Waals surface area contributed by atoms with Crippen LogP contribution < -0.4 is 0 Å². The average molecular weight is 803 g/mol. The van der Waals surface area contributed by atoms with Crippen LogP contribution in [0.5, 0.6) is 0 Å². The highest BCUT2D eigenvalue weighted by molar-refractivity contribution is 5.85. The number of aliphatic hydroxyl groups excluding tert-OH is 9. The van der Waals surface area contributed by atoms with Crippen molar-refractivity contribution in [3.05, 3.63) is 46.6 Å². The number of carbonyl (C=O) groups is 1. The van der Waals surface area contributed by atoms with Crippen LogP contribution in [0.15, 0.2) is 46.6 Å². The summed E-state index contributed by atoms with van der Waals surface area (Å²) in [5.74, 6) is -3.00. The minimum atomic E-state index is -1.71. The van der Waals surface area contributed by atoms with Gasteiger partial charge >= 0.3 is 5.97 Å². The van der Waals surface area contributed by atoms with Crippen LogP contribution in [-0.4, -0.2) is 149 Å². The molecule has 0 saturated carbocycles. The molecule has 324 valence electrons.